The summed E-state index contributed by atoms with van der Waals surface area (Å²) in [7, 11) is 0. The maximum absolute atomic E-state index is 14.3. The van der Waals surface area contributed by atoms with Crippen LogP contribution in [0.15, 0.2) is 33.4 Å². The summed E-state index contributed by atoms with van der Waals surface area (Å²) in [5.41, 5.74) is 0.0418. The number of nitrogens with one attached hydrogen (secondary N) is 1. The summed E-state index contributed by atoms with van der Waals surface area (Å²) >= 11 is 0. The second-order valence-electron chi connectivity index (χ2n) is 8.33. The van der Waals surface area contributed by atoms with Crippen LogP contribution >= 0.6 is 0 Å². The number of hydrogen-bond donors (Lipinski definition) is 2. The van der Waals surface area contributed by atoms with Crippen LogP contribution in [-0.2, 0) is 12.0 Å². The highest BCUT2D eigenvalue weighted by Gasteiger charge is 2.39. The van der Waals surface area contributed by atoms with Crippen molar-refractivity contribution in [2.75, 3.05) is 6.54 Å². The smallest absolute Gasteiger partial charge is 0.292 e. The second kappa shape index (κ2) is 6.99. The number of oxazole rings is 1. The molecule has 4 aromatic rings. The Bertz CT molecular complexity index is 1310. The lowest BCUT2D eigenvalue weighted by molar-refractivity contribution is 0.0437. The first-order valence-corrected chi connectivity index (χ1v) is 10.1. The van der Waals surface area contributed by atoms with Gasteiger partial charge in [-0.25, -0.2) is 18.7 Å². The van der Waals surface area contributed by atoms with Gasteiger partial charge in [0.1, 0.15) is 23.2 Å². The molecular formula is C22H20F2N4O4. The summed E-state index contributed by atoms with van der Waals surface area (Å²) in [5, 5.41) is 10.2. The first-order chi connectivity index (χ1) is 15.1. The van der Waals surface area contributed by atoms with Crippen molar-refractivity contribution in [3.63, 3.8) is 0 Å². The first kappa shape index (κ1) is 20.4. The first-order valence-electron chi connectivity index (χ1n) is 10.1. The van der Waals surface area contributed by atoms with Gasteiger partial charge in [0.25, 0.3) is 5.91 Å². The number of benzene rings is 1. The molecule has 32 heavy (non-hydrogen) atoms. The van der Waals surface area contributed by atoms with Crippen molar-refractivity contribution in [2.45, 2.75) is 38.8 Å². The van der Waals surface area contributed by atoms with Gasteiger partial charge in [-0.1, -0.05) is 0 Å². The summed E-state index contributed by atoms with van der Waals surface area (Å²) in [6, 6.07) is 2.57. The number of aryl methyl sites for hydroxylation is 1. The Hall–Kier alpha value is -3.53. The Morgan fingerprint density at radius 1 is 1.28 bits per heavy atom. The van der Waals surface area contributed by atoms with E-state index in [9.17, 15) is 18.7 Å². The van der Waals surface area contributed by atoms with E-state index in [4.69, 9.17) is 8.83 Å². The Morgan fingerprint density at radius 3 is 2.72 bits per heavy atom. The van der Waals surface area contributed by atoms with Gasteiger partial charge >= 0.3 is 0 Å². The van der Waals surface area contributed by atoms with E-state index in [0.717, 1.165) is 17.8 Å². The van der Waals surface area contributed by atoms with Crippen molar-refractivity contribution in [1.82, 2.24) is 19.9 Å². The lowest BCUT2D eigenvalue weighted by Gasteiger charge is -2.33. The minimum absolute atomic E-state index is 0.0141. The SMILES string of the molecule is Cc1nc(C(C)(C)O)oc1C(=O)N1CCc2[nH]cnc2[C@@H]1c1cc2c(F)ccc(F)c2o1. The van der Waals surface area contributed by atoms with Crippen LogP contribution in [0.4, 0.5) is 8.78 Å². The molecule has 0 fully saturated rings. The topological polar surface area (TPSA) is 108 Å². The number of carbonyl (C=O) groups excluding carboxylic acids is 1. The van der Waals surface area contributed by atoms with E-state index in [1.54, 1.807) is 6.92 Å². The molecule has 1 atom stereocenters. The van der Waals surface area contributed by atoms with Gasteiger partial charge in [0, 0.05) is 18.7 Å². The molecule has 166 valence electrons. The Balaban J connectivity index is 1.63. The zero-order valence-electron chi connectivity index (χ0n) is 17.6. The van der Waals surface area contributed by atoms with E-state index in [1.165, 1.54) is 31.1 Å². The van der Waals surface area contributed by atoms with Crippen LogP contribution in [0, 0.1) is 18.6 Å². The standard InChI is InChI=1S/C22H20F2N4O4/c1-10-18(32-21(27-10)22(2,3)30)20(29)28-7-6-14-16(26-9-25-14)17(28)15-8-11-12(23)4-5-13(24)19(11)31-15/h4-5,8-9,17,30H,6-7H2,1-3H3,(H,25,26)/t17-/m0/s1. The average Bonchev–Trinajstić information content (AvgIpc) is 3.46. The zero-order chi connectivity index (χ0) is 22.8. The van der Waals surface area contributed by atoms with E-state index < -0.39 is 29.2 Å². The Kier molecular flexibility index (Phi) is 4.45. The Morgan fingerprint density at radius 2 is 2.03 bits per heavy atom. The summed E-state index contributed by atoms with van der Waals surface area (Å²) in [6.07, 6.45) is 1.99. The van der Waals surface area contributed by atoms with Gasteiger partial charge in [-0.15, -0.1) is 0 Å². The minimum atomic E-state index is -1.37. The molecule has 0 spiro atoms. The van der Waals surface area contributed by atoms with Crippen LogP contribution in [0.1, 0.15) is 59.2 Å². The number of furan rings is 1. The summed E-state index contributed by atoms with van der Waals surface area (Å²) in [4.78, 5) is 26.5. The van der Waals surface area contributed by atoms with Crippen molar-refractivity contribution < 1.29 is 27.5 Å². The van der Waals surface area contributed by atoms with Gasteiger partial charge in [-0.2, -0.15) is 0 Å². The molecule has 10 heteroatoms. The fourth-order valence-electron chi connectivity index (χ4n) is 3.98. The van der Waals surface area contributed by atoms with Crippen molar-refractivity contribution in [3.05, 3.63) is 70.7 Å². The fourth-order valence-corrected chi connectivity index (χ4v) is 3.98. The number of aromatic amines is 1. The lowest BCUT2D eigenvalue weighted by atomic mass is 9.99. The summed E-state index contributed by atoms with van der Waals surface area (Å²) in [6.45, 7) is 4.89. The molecular weight excluding hydrogens is 422 g/mol. The molecule has 1 aliphatic heterocycles. The van der Waals surface area contributed by atoms with Crippen molar-refractivity contribution in [2.24, 2.45) is 0 Å². The number of carbonyl (C=O) groups is 1. The molecule has 4 heterocycles. The number of amides is 1. The van der Waals surface area contributed by atoms with Gasteiger partial charge in [0.05, 0.1) is 23.1 Å². The van der Waals surface area contributed by atoms with Gasteiger partial charge in [0.2, 0.25) is 11.7 Å². The van der Waals surface area contributed by atoms with Crippen LogP contribution in [-0.4, -0.2) is 37.4 Å². The van der Waals surface area contributed by atoms with Crippen LogP contribution in [0.5, 0.6) is 0 Å². The van der Waals surface area contributed by atoms with Gasteiger partial charge in [-0.3, -0.25) is 4.79 Å². The number of fused-ring (bicyclic) bond motifs is 2. The number of H-pyrrole nitrogens is 1. The number of imidazole rings is 1. The number of nitrogens with zero attached hydrogens (tertiary/aromatic N) is 3. The average molecular weight is 442 g/mol. The predicted octanol–water partition coefficient (Wildman–Crippen LogP) is 3.75. The van der Waals surface area contributed by atoms with E-state index in [-0.39, 0.29) is 34.9 Å². The number of aromatic nitrogens is 3. The molecule has 2 N–H and O–H groups in total. The van der Waals surface area contributed by atoms with Gasteiger partial charge in [-0.05, 0) is 39.0 Å². The number of hydrogen-bond acceptors (Lipinski definition) is 6. The highest BCUT2D eigenvalue weighted by Crippen LogP contribution is 2.38. The van der Waals surface area contributed by atoms with E-state index in [0.29, 0.717) is 17.8 Å². The minimum Gasteiger partial charge on any atom is -0.455 e. The van der Waals surface area contributed by atoms with E-state index >= 15 is 0 Å². The molecule has 0 saturated heterocycles. The maximum atomic E-state index is 14.3. The zero-order valence-corrected chi connectivity index (χ0v) is 17.6. The van der Waals surface area contributed by atoms with Gasteiger partial charge in [0.15, 0.2) is 11.4 Å². The van der Waals surface area contributed by atoms with Crippen molar-refractivity contribution in [3.8, 4) is 0 Å². The molecule has 3 aromatic heterocycles. The van der Waals surface area contributed by atoms with Crippen LogP contribution in [0.3, 0.4) is 0 Å². The molecule has 1 aromatic carbocycles. The highest BCUT2D eigenvalue weighted by atomic mass is 19.1. The third-order valence-electron chi connectivity index (χ3n) is 5.57. The number of rotatable bonds is 3. The van der Waals surface area contributed by atoms with E-state index in [1.807, 2.05) is 0 Å². The lowest BCUT2D eigenvalue weighted by Crippen LogP contribution is -2.40. The molecule has 0 aliphatic carbocycles. The summed E-state index contributed by atoms with van der Waals surface area (Å²) in [5.74, 6) is -1.67. The molecule has 0 saturated carbocycles. The molecule has 0 radical (unpaired) electrons. The van der Waals surface area contributed by atoms with Gasteiger partial charge < -0.3 is 23.8 Å². The van der Waals surface area contributed by atoms with Crippen LogP contribution in [0.25, 0.3) is 11.0 Å². The predicted molar refractivity (Wildman–Crippen MR) is 108 cm³/mol. The second-order valence-corrected chi connectivity index (χ2v) is 8.33. The maximum Gasteiger partial charge on any atom is 0.292 e. The molecule has 0 unspecified atom stereocenters. The van der Waals surface area contributed by atoms with Crippen LogP contribution in [0.2, 0.25) is 0 Å². The quantitative estimate of drug-likeness (QED) is 0.500. The largest absolute Gasteiger partial charge is 0.455 e. The molecule has 8 nitrogen and oxygen atoms in total. The van der Waals surface area contributed by atoms with Crippen molar-refractivity contribution in [1.29, 1.82) is 0 Å². The summed E-state index contributed by atoms with van der Waals surface area (Å²) < 4.78 is 39.9. The fraction of sp³-hybridized carbons (Fsp3) is 0.318. The molecule has 5 rings (SSSR count). The molecule has 1 aliphatic rings. The third kappa shape index (κ3) is 3.10. The van der Waals surface area contributed by atoms with Crippen LogP contribution < -0.4 is 0 Å². The number of halogens is 2. The molecule has 1 amide bonds. The highest BCUT2D eigenvalue weighted by molar-refractivity contribution is 5.93. The van der Waals surface area contributed by atoms with E-state index in [2.05, 4.69) is 15.0 Å². The molecule has 0 bridgehead atoms. The normalized spacial score (nSPS) is 16.6. The Labute approximate surface area is 180 Å². The monoisotopic (exact) mass is 442 g/mol. The third-order valence-corrected chi connectivity index (χ3v) is 5.57. The van der Waals surface area contributed by atoms with Crippen molar-refractivity contribution >= 4 is 16.9 Å². The number of aliphatic hydroxyl groups is 1.